The van der Waals surface area contributed by atoms with Gasteiger partial charge in [0.1, 0.15) is 5.75 Å². The van der Waals surface area contributed by atoms with Gasteiger partial charge in [-0.1, -0.05) is 42.5 Å². The molecule has 0 aliphatic heterocycles. The predicted molar refractivity (Wildman–Crippen MR) is 89.1 cm³/mol. The largest absolute Gasteiger partial charge is 0.508 e. The minimum atomic E-state index is -0.643. The Balaban J connectivity index is 1.60. The molecule has 5 nitrogen and oxygen atoms in total. The van der Waals surface area contributed by atoms with Crippen LogP contribution in [0.1, 0.15) is 17.2 Å². The number of aliphatic hydroxyl groups is 1. The molecule has 122 valence electrons. The number of rotatable bonds is 8. The maximum absolute atomic E-state index is 11.8. The highest BCUT2D eigenvalue weighted by Gasteiger charge is 2.07. The van der Waals surface area contributed by atoms with E-state index in [4.69, 9.17) is 0 Å². The van der Waals surface area contributed by atoms with Gasteiger partial charge in [0.2, 0.25) is 5.91 Å². The minimum absolute atomic E-state index is 0.0166. The molecule has 0 bridgehead atoms. The normalized spacial score (nSPS) is 11.9. The number of aliphatic hydroxyl groups excluding tert-OH is 1. The van der Waals surface area contributed by atoms with Crippen LogP contribution in [-0.2, 0) is 11.2 Å². The molecule has 0 aliphatic carbocycles. The molecule has 0 saturated carbocycles. The zero-order valence-electron chi connectivity index (χ0n) is 12.9. The Morgan fingerprint density at radius 1 is 1.00 bits per heavy atom. The molecular weight excluding hydrogens is 292 g/mol. The molecular formula is C18H22N2O3. The Hall–Kier alpha value is -2.37. The Morgan fingerprint density at radius 2 is 1.70 bits per heavy atom. The fourth-order valence-corrected chi connectivity index (χ4v) is 2.19. The van der Waals surface area contributed by atoms with Gasteiger partial charge in [-0.2, -0.15) is 0 Å². The number of carbonyl (C=O) groups excluding carboxylic acids is 1. The molecule has 23 heavy (non-hydrogen) atoms. The van der Waals surface area contributed by atoms with Gasteiger partial charge in [-0.15, -0.1) is 0 Å². The van der Waals surface area contributed by atoms with E-state index >= 15 is 0 Å². The second-order valence-corrected chi connectivity index (χ2v) is 5.32. The smallest absolute Gasteiger partial charge is 0.224 e. The Bertz CT molecular complexity index is 599. The molecule has 1 amide bonds. The summed E-state index contributed by atoms with van der Waals surface area (Å²) in [4.78, 5) is 11.8. The van der Waals surface area contributed by atoms with Crippen LogP contribution in [0.25, 0.3) is 0 Å². The lowest BCUT2D eigenvalue weighted by Gasteiger charge is -2.12. The van der Waals surface area contributed by atoms with Crippen LogP contribution in [0, 0.1) is 0 Å². The summed E-state index contributed by atoms with van der Waals surface area (Å²) in [6.07, 6.45) is -0.271. The molecule has 0 aliphatic rings. The molecule has 0 radical (unpaired) electrons. The first-order chi connectivity index (χ1) is 11.1. The van der Waals surface area contributed by atoms with Crippen LogP contribution in [0.15, 0.2) is 54.6 Å². The number of amides is 1. The van der Waals surface area contributed by atoms with Crippen molar-refractivity contribution in [3.8, 4) is 5.75 Å². The summed E-state index contributed by atoms with van der Waals surface area (Å²) in [6.45, 7) is 1.48. The third-order valence-corrected chi connectivity index (χ3v) is 3.45. The maximum atomic E-state index is 11.8. The van der Waals surface area contributed by atoms with E-state index in [0.717, 1.165) is 11.1 Å². The standard InChI is InChI=1S/C18H22N2O3/c21-16-8-6-15(7-9-16)17(22)13-19-10-11-20-18(23)12-14-4-2-1-3-5-14/h1-9,17,19,21-22H,10-13H2,(H,20,23). The summed E-state index contributed by atoms with van der Waals surface area (Å²) in [7, 11) is 0. The van der Waals surface area contributed by atoms with Crippen LogP contribution in [0.5, 0.6) is 5.75 Å². The van der Waals surface area contributed by atoms with Crippen molar-refractivity contribution in [2.45, 2.75) is 12.5 Å². The van der Waals surface area contributed by atoms with E-state index in [1.54, 1.807) is 24.3 Å². The van der Waals surface area contributed by atoms with Crippen molar-refractivity contribution >= 4 is 5.91 Å². The Kier molecular flexibility index (Phi) is 6.59. The lowest BCUT2D eigenvalue weighted by molar-refractivity contribution is -0.120. The van der Waals surface area contributed by atoms with Crippen molar-refractivity contribution in [3.05, 3.63) is 65.7 Å². The first kappa shape index (κ1) is 17.0. The van der Waals surface area contributed by atoms with Crippen molar-refractivity contribution in [3.63, 3.8) is 0 Å². The van der Waals surface area contributed by atoms with Gasteiger partial charge >= 0.3 is 0 Å². The fourth-order valence-electron chi connectivity index (χ4n) is 2.19. The number of benzene rings is 2. The first-order valence-electron chi connectivity index (χ1n) is 7.63. The predicted octanol–water partition coefficient (Wildman–Crippen LogP) is 1.37. The first-order valence-corrected chi connectivity index (χ1v) is 7.63. The molecule has 2 aromatic carbocycles. The average molecular weight is 314 g/mol. The SMILES string of the molecule is O=C(Cc1ccccc1)NCCNCC(O)c1ccc(O)cc1. The molecule has 2 rings (SSSR count). The van der Waals surface area contributed by atoms with Crippen molar-refractivity contribution in [2.75, 3.05) is 19.6 Å². The summed E-state index contributed by atoms with van der Waals surface area (Å²) < 4.78 is 0. The quantitative estimate of drug-likeness (QED) is 0.555. The van der Waals surface area contributed by atoms with Gasteiger partial charge in [0.05, 0.1) is 12.5 Å². The summed E-state index contributed by atoms with van der Waals surface area (Å²) in [5.41, 5.74) is 1.73. The van der Waals surface area contributed by atoms with Gasteiger partial charge < -0.3 is 20.8 Å². The highest BCUT2D eigenvalue weighted by atomic mass is 16.3. The van der Waals surface area contributed by atoms with Gasteiger partial charge in [0.15, 0.2) is 0 Å². The van der Waals surface area contributed by atoms with Crippen LogP contribution in [0.2, 0.25) is 0 Å². The number of phenolic OH excluding ortho intramolecular Hbond substituents is 1. The van der Waals surface area contributed by atoms with Crippen molar-refractivity contribution < 1.29 is 15.0 Å². The lowest BCUT2D eigenvalue weighted by atomic mass is 10.1. The van der Waals surface area contributed by atoms with Crippen LogP contribution in [-0.4, -0.2) is 35.8 Å². The van der Waals surface area contributed by atoms with Gasteiger partial charge in [-0.05, 0) is 23.3 Å². The number of hydrogen-bond acceptors (Lipinski definition) is 4. The fraction of sp³-hybridized carbons (Fsp3) is 0.278. The highest BCUT2D eigenvalue weighted by Crippen LogP contribution is 2.15. The number of carbonyl (C=O) groups is 1. The number of hydrogen-bond donors (Lipinski definition) is 4. The van der Waals surface area contributed by atoms with Crippen molar-refractivity contribution in [1.29, 1.82) is 0 Å². The van der Waals surface area contributed by atoms with E-state index in [1.807, 2.05) is 30.3 Å². The zero-order valence-corrected chi connectivity index (χ0v) is 12.9. The van der Waals surface area contributed by atoms with Crippen LogP contribution < -0.4 is 10.6 Å². The summed E-state index contributed by atoms with van der Waals surface area (Å²) in [6, 6.07) is 16.0. The van der Waals surface area contributed by atoms with Crippen molar-refractivity contribution in [1.82, 2.24) is 10.6 Å². The molecule has 5 heteroatoms. The Morgan fingerprint density at radius 3 is 2.39 bits per heavy atom. The summed E-state index contributed by atoms with van der Waals surface area (Å²) >= 11 is 0. The van der Waals surface area contributed by atoms with Gasteiger partial charge in [-0.25, -0.2) is 0 Å². The molecule has 0 fully saturated rings. The Labute approximate surface area is 136 Å². The van der Waals surface area contributed by atoms with Crippen LogP contribution in [0.3, 0.4) is 0 Å². The molecule has 1 atom stereocenters. The highest BCUT2D eigenvalue weighted by molar-refractivity contribution is 5.78. The van der Waals surface area contributed by atoms with E-state index in [1.165, 1.54) is 0 Å². The molecule has 0 spiro atoms. The van der Waals surface area contributed by atoms with Gasteiger partial charge in [0, 0.05) is 19.6 Å². The molecule has 0 saturated heterocycles. The topological polar surface area (TPSA) is 81.6 Å². The van der Waals surface area contributed by atoms with Gasteiger partial charge in [-0.3, -0.25) is 4.79 Å². The molecule has 2 aromatic rings. The van der Waals surface area contributed by atoms with Crippen molar-refractivity contribution in [2.24, 2.45) is 0 Å². The van der Waals surface area contributed by atoms with E-state index in [9.17, 15) is 15.0 Å². The monoisotopic (exact) mass is 314 g/mol. The molecule has 4 N–H and O–H groups in total. The second-order valence-electron chi connectivity index (χ2n) is 5.32. The van der Waals surface area contributed by atoms with Crippen LogP contribution in [0.4, 0.5) is 0 Å². The average Bonchev–Trinajstić information content (AvgIpc) is 2.56. The summed E-state index contributed by atoms with van der Waals surface area (Å²) in [5.74, 6) is 0.159. The molecule has 0 aromatic heterocycles. The second kappa shape index (κ2) is 8.92. The van der Waals surface area contributed by atoms with Gasteiger partial charge in [0.25, 0.3) is 0 Å². The van der Waals surface area contributed by atoms with E-state index in [-0.39, 0.29) is 11.7 Å². The number of aromatic hydroxyl groups is 1. The lowest BCUT2D eigenvalue weighted by Crippen LogP contribution is -2.34. The molecule has 1 unspecified atom stereocenters. The van der Waals surface area contributed by atoms with E-state index in [0.29, 0.717) is 26.1 Å². The summed E-state index contributed by atoms with van der Waals surface area (Å²) in [5, 5.41) is 25.1. The van der Waals surface area contributed by atoms with E-state index < -0.39 is 6.10 Å². The third kappa shape index (κ3) is 6.10. The number of nitrogens with one attached hydrogen (secondary N) is 2. The third-order valence-electron chi connectivity index (χ3n) is 3.45. The molecule has 0 heterocycles. The number of phenols is 1. The van der Waals surface area contributed by atoms with Crippen LogP contribution >= 0.6 is 0 Å². The zero-order chi connectivity index (χ0) is 16.5. The van der Waals surface area contributed by atoms with E-state index in [2.05, 4.69) is 10.6 Å². The minimum Gasteiger partial charge on any atom is -0.508 e. The maximum Gasteiger partial charge on any atom is 0.224 e.